The van der Waals surface area contributed by atoms with Gasteiger partial charge in [-0.15, -0.1) is 11.3 Å². The molecule has 2 aromatic heterocycles. The maximum Gasteiger partial charge on any atom is 0.136 e. The van der Waals surface area contributed by atoms with Crippen LogP contribution < -0.4 is 4.90 Å². The molecule has 0 amide bonds. The van der Waals surface area contributed by atoms with Crippen LogP contribution in [0, 0.1) is 0 Å². The Morgan fingerprint density at radius 1 is 0.408 bits per heavy atom. The summed E-state index contributed by atoms with van der Waals surface area (Å²) in [5.41, 5.74) is 9.96. The van der Waals surface area contributed by atoms with Crippen LogP contribution in [0.25, 0.3) is 75.1 Å². The van der Waals surface area contributed by atoms with Crippen molar-refractivity contribution >= 4 is 81.3 Å². The molecule has 0 spiro atoms. The van der Waals surface area contributed by atoms with Crippen LogP contribution in [0.4, 0.5) is 17.1 Å². The second-order valence-electron chi connectivity index (χ2n) is 12.5. The van der Waals surface area contributed by atoms with Gasteiger partial charge < -0.3 is 9.32 Å². The van der Waals surface area contributed by atoms with Crippen molar-refractivity contribution in [3.63, 3.8) is 0 Å². The van der Waals surface area contributed by atoms with Gasteiger partial charge in [0, 0.05) is 48.0 Å². The molecule has 0 aliphatic rings. The van der Waals surface area contributed by atoms with E-state index in [4.69, 9.17) is 4.42 Å². The minimum Gasteiger partial charge on any atom is -0.456 e. The van der Waals surface area contributed by atoms with Crippen LogP contribution in [-0.2, 0) is 0 Å². The van der Waals surface area contributed by atoms with E-state index in [9.17, 15) is 0 Å². The molecule has 10 rings (SSSR count). The third kappa shape index (κ3) is 4.62. The highest BCUT2D eigenvalue weighted by atomic mass is 32.1. The summed E-state index contributed by atoms with van der Waals surface area (Å²) < 4.78 is 9.05. The van der Waals surface area contributed by atoms with Gasteiger partial charge in [-0.2, -0.15) is 0 Å². The monoisotopic (exact) mass is 643 g/mol. The highest BCUT2D eigenvalue weighted by Gasteiger charge is 2.19. The van der Waals surface area contributed by atoms with Crippen molar-refractivity contribution in [1.82, 2.24) is 0 Å². The van der Waals surface area contributed by atoms with Crippen molar-refractivity contribution in [2.24, 2.45) is 0 Å². The van der Waals surface area contributed by atoms with Crippen molar-refractivity contribution in [3.05, 3.63) is 176 Å². The smallest absolute Gasteiger partial charge is 0.136 e. The Hall–Kier alpha value is -6.16. The first kappa shape index (κ1) is 27.9. The molecule has 2 heterocycles. The van der Waals surface area contributed by atoms with Gasteiger partial charge in [-0.25, -0.2) is 0 Å². The molecule has 2 nitrogen and oxygen atoms in total. The average Bonchev–Trinajstić information content (AvgIpc) is 3.72. The summed E-state index contributed by atoms with van der Waals surface area (Å²) in [7, 11) is 0. The molecular weight excluding hydrogens is 615 g/mol. The highest BCUT2D eigenvalue weighted by Crippen LogP contribution is 2.45. The van der Waals surface area contributed by atoms with E-state index < -0.39 is 0 Å². The Morgan fingerprint density at radius 2 is 1.00 bits per heavy atom. The number of hydrogen-bond acceptors (Lipinski definition) is 3. The first-order chi connectivity index (χ1) is 24.3. The fraction of sp³-hybridized carbons (Fsp3) is 0. The molecule has 49 heavy (non-hydrogen) atoms. The number of rotatable bonds is 5. The lowest BCUT2D eigenvalue weighted by molar-refractivity contribution is 0.669. The summed E-state index contributed by atoms with van der Waals surface area (Å²) in [5, 5.41) is 7.42. The van der Waals surface area contributed by atoms with E-state index in [1.54, 1.807) is 0 Å². The summed E-state index contributed by atoms with van der Waals surface area (Å²) >= 11 is 1.86. The van der Waals surface area contributed by atoms with Crippen LogP contribution in [0.3, 0.4) is 0 Å². The lowest BCUT2D eigenvalue weighted by Crippen LogP contribution is -2.09. The third-order valence-corrected chi connectivity index (χ3v) is 10.8. The van der Waals surface area contributed by atoms with Crippen molar-refractivity contribution in [2.75, 3.05) is 4.90 Å². The molecule has 0 bridgehead atoms. The predicted molar refractivity (Wildman–Crippen MR) is 210 cm³/mol. The van der Waals surface area contributed by atoms with Crippen molar-refractivity contribution < 1.29 is 4.42 Å². The summed E-state index contributed by atoms with van der Waals surface area (Å²) in [6, 6.07) is 63.1. The molecule has 3 heteroatoms. The van der Waals surface area contributed by atoms with Crippen LogP contribution in [0.5, 0.6) is 0 Å². The Morgan fingerprint density at radius 3 is 1.76 bits per heavy atom. The van der Waals surface area contributed by atoms with Crippen LogP contribution >= 0.6 is 11.3 Å². The van der Waals surface area contributed by atoms with Crippen molar-refractivity contribution in [3.8, 4) is 22.3 Å². The molecule has 0 unspecified atom stereocenters. The maximum atomic E-state index is 6.48. The van der Waals surface area contributed by atoms with Gasteiger partial charge in [0.05, 0.1) is 0 Å². The van der Waals surface area contributed by atoms with Gasteiger partial charge >= 0.3 is 0 Å². The molecule has 0 radical (unpaired) electrons. The normalized spacial score (nSPS) is 11.7. The zero-order valence-electron chi connectivity index (χ0n) is 26.5. The van der Waals surface area contributed by atoms with E-state index in [2.05, 4.69) is 181 Å². The van der Waals surface area contributed by atoms with Crippen molar-refractivity contribution in [2.45, 2.75) is 0 Å². The summed E-state index contributed by atoms with van der Waals surface area (Å²) in [6.07, 6.45) is 0. The molecule has 0 saturated heterocycles. The zero-order chi connectivity index (χ0) is 32.3. The van der Waals surface area contributed by atoms with Crippen LogP contribution in [0.15, 0.2) is 180 Å². The van der Waals surface area contributed by atoms with Gasteiger partial charge in [-0.1, -0.05) is 109 Å². The van der Waals surface area contributed by atoms with E-state index in [0.717, 1.165) is 33.6 Å². The second kappa shape index (κ2) is 11.2. The number of para-hydroxylation sites is 1. The number of fused-ring (bicyclic) bond motifs is 8. The van der Waals surface area contributed by atoms with Crippen LogP contribution in [0.1, 0.15) is 0 Å². The van der Waals surface area contributed by atoms with E-state index in [0.29, 0.717) is 0 Å². The topological polar surface area (TPSA) is 16.4 Å². The Balaban J connectivity index is 1.13. The number of benzene rings is 8. The molecule has 0 atom stereocenters. The quantitative estimate of drug-likeness (QED) is 0.186. The fourth-order valence-corrected chi connectivity index (χ4v) is 8.61. The minimum absolute atomic E-state index is 0.898. The Kier molecular flexibility index (Phi) is 6.39. The number of thiophene rings is 1. The third-order valence-electron chi connectivity index (χ3n) is 9.64. The van der Waals surface area contributed by atoms with Crippen LogP contribution in [0.2, 0.25) is 0 Å². The summed E-state index contributed by atoms with van der Waals surface area (Å²) in [4.78, 5) is 2.34. The highest BCUT2D eigenvalue weighted by molar-refractivity contribution is 7.26. The Labute approximate surface area is 287 Å². The van der Waals surface area contributed by atoms with E-state index in [1.165, 1.54) is 58.6 Å². The molecular formula is C46H29NOS. The lowest BCUT2D eigenvalue weighted by atomic mass is 9.94. The van der Waals surface area contributed by atoms with E-state index in [1.807, 2.05) is 11.3 Å². The Bertz CT molecular complexity index is 2810. The van der Waals surface area contributed by atoms with Crippen molar-refractivity contribution in [1.29, 1.82) is 0 Å². The predicted octanol–water partition coefficient (Wildman–Crippen LogP) is 13.9. The van der Waals surface area contributed by atoms with E-state index >= 15 is 0 Å². The summed E-state index contributed by atoms with van der Waals surface area (Å²) in [6.45, 7) is 0. The summed E-state index contributed by atoms with van der Waals surface area (Å²) in [5.74, 6) is 0. The molecule has 0 N–H and O–H groups in total. The molecule has 230 valence electrons. The molecule has 0 saturated carbocycles. The lowest BCUT2D eigenvalue weighted by Gasteiger charge is -2.26. The maximum absolute atomic E-state index is 6.48. The van der Waals surface area contributed by atoms with Gasteiger partial charge in [0.15, 0.2) is 0 Å². The zero-order valence-corrected chi connectivity index (χ0v) is 27.3. The van der Waals surface area contributed by atoms with E-state index in [-0.39, 0.29) is 0 Å². The van der Waals surface area contributed by atoms with Gasteiger partial charge in [0.25, 0.3) is 0 Å². The first-order valence-electron chi connectivity index (χ1n) is 16.6. The first-order valence-corrected chi connectivity index (χ1v) is 17.4. The van der Waals surface area contributed by atoms with Gasteiger partial charge in [-0.3, -0.25) is 0 Å². The van der Waals surface area contributed by atoms with Gasteiger partial charge in [-0.05, 0) is 99.8 Å². The van der Waals surface area contributed by atoms with Gasteiger partial charge in [0.1, 0.15) is 11.2 Å². The standard InChI is InChI=1S/C46H29NOS/c1-3-11-30(12-4-1)37-17-9-10-18-38(37)31-19-21-35(22-20-31)47(34-15-5-2-6-16-34)36-23-25-42-41(29-36)45-43(48-42)26-24-39-40-27-32-13-7-8-14-33(32)28-44(40)49-46(39)45/h1-29H. The molecule has 0 fully saturated rings. The number of hydrogen-bond donors (Lipinski definition) is 0. The number of anilines is 3. The van der Waals surface area contributed by atoms with Gasteiger partial charge in [0.2, 0.25) is 0 Å². The van der Waals surface area contributed by atoms with Crippen LogP contribution in [-0.4, -0.2) is 0 Å². The molecule has 8 aromatic carbocycles. The second-order valence-corrected chi connectivity index (χ2v) is 13.6. The molecule has 0 aliphatic carbocycles. The average molecular weight is 644 g/mol. The molecule has 10 aromatic rings. The largest absolute Gasteiger partial charge is 0.456 e. The SMILES string of the molecule is c1ccc(-c2ccccc2-c2ccc(N(c3ccccc3)c3ccc4oc5ccc6c7cc8ccccc8cc7sc6c5c4c3)cc2)cc1. The fourth-order valence-electron chi connectivity index (χ4n) is 7.33. The number of furan rings is 1. The minimum atomic E-state index is 0.898. The molecule has 0 aliphatic heterocycles. The number of nitrogens with zero attached hydrogens (tertiary/aromatic N) is 1.